The molecule has 0 bridgehead atoms. The Morgan fingerprint density at radius 2 is 1.87 bits per heavy atom. The number of nitrogens with two attached hydrogens (primary N) is 1. The second-order valence-corrected chi connectivity index (χ2v) is 6.22. The van der Waals surface area contributed by atoms with E-state index in [1.165, 1.54) is 5.56 Å². The predicted octanol–water partition coefficient (Wildman–Crippen LogP) is 1.48. The molecule has 0 unspecified atom stereocenters. The van der Waals surface area contributed by atoms with Crippen molar-refractivity contribution < 1.29 is 9.59 Å². The van der Waals surface area contributed by atoms with Crippen LogP contribution in [0.2, 0.25) is 5.02 Å². The molecule has 4 N–H and O–H groups in total. The average Bonchev–Trinajstić information content (AvgIpc) is 2.51. The third kappa shape index (κ3) is 6.46. The number of piperidine rings is 1. The number of hydrogen-bond acceptors (Lipinski definition) is 3. The number of primary amides is 1. The van der Waals surface area contributed by atoms with Crippen molar-refractivity contribution in [1.29, 1.82) is 0 Å². The molecule has 2 rings (SSSR count). The maximum Gasteiger partial charge on any atom is 0.312 e. The van der Waals surface area contributed by atoms with Gasteiger partial charge in [0, 0.05) is 43.7 Å². The molecule has 7 heteroatoms. The maximum atomic E-state index is 11.8. The van der Waals surface area contributed by atoms with Gasteiger partial charge in [-0.25, -0.2) is 4.79 Å². The molecule has 0 aliphatic carbocycles. The summed E-state index contributed by atoms with van der Waals surface area (Å²) < 4.78 is 0. The predicted molar refractivity (Wildman–Crippen MR) is 90.1 cm³/mol. The van der Waals surface area contributed by atoms with Crippen LogP contribution < -0.4 is 16.4 Å². The summed E-state index contributed by atoms with van der Waals surface area (Å²) >= 11 is 5.89. The molecule has 1 aliphatic rings. The molecule has 1 aliphatic heterocycles. The van der Waals surface area contributed by atoms with Crippen molar-refractivity contribution in [1.82, 2.24) is 15.5 Å². The molecule has 0 aromatic heterocycles. The molecule has 1 saturated heterocycles. The monoisotopic (exact) mass is 338 g/mol. The first kappa shape index (κ1) is 17.6. The summed E-state index contributed by atoms with van der Waals surface area (Å²) in [6.45, 7) is 3.08. The van der Waals surface area contributed by atoms with Gasteiger partial charge in [0.25, 0.3) is 0 Å². The molecule has 1 fully saturated rings. The Kier molecular flexibility index (Phi) is 6.67. The zero-order valence-corrected chi connectivity index (χ0v) is 13.8. The lowest BCUT2D eigenvalue weighted by Gasteiger charge is -2.32. The summed E-state index contributed by atoms with van der Waals surface area (Å²) in [4.78, 5) is 24.7. The SMILES string of the molecule is NC(=O)NCCC(=O)NC1CCN(Cc2ccc(Cl)cc2)CC1. The number of nitrogens with zero attached hydrogens (tertiary/aromatic N) is 1. The van der Waals surface area contributed by atoms with Gasteiger partial charge in [0.2, 0.25) is 5.91 Å². The Bertz CT molecular complexity index is 527. The van der Waals surface area contributed by atoms with Gasteiger partial charge in [-0.1, -0.05) is 23.7 Å². The van der Waals surface area contributed by atoms with Crippen LogP contribution in [0.15, 0.2) is 24.3 Å². The quantitative estimate of drug-likeness (QED) is 0.734. The minimum absolute atomic E-state index is 0.0464. The van der Waals surface area contributed by atoms with Crippen molar-refractivity contribution >= 4 is 23.5 Å². The zero-order valence-electron chi connectivity index (χ0n) is 13.1. The van der Waals surface area contributed by atoms with E-state index in [1.54, 1.807) is 0 Å². The maximum absolute atomic E-state index is 11.8. The van der Waals surface area contributed by atoms with E-state index >= 15 is 0 Å². The Hall–Kier alpha value is -1.79. The van der Waals surface area contributed by atoms with Gasteiger partial charge in [0.1, 0.15) is 0 Å². The molecule has 1 aromatic rings. The summed E-state index contributed by atoms with van der Waals surface area (Å²) in [7, 11) is 0. The fourth-order valence-corrected chi connectivity index (χ4v) is 2.81. The Morgan fingerprint density at radius 1 is 1.22 bits per heavy atom. The minimum atomic E-state index is -0.603. The molecule has 0 spiro atoms. The number of urea groups is 1. The van der Waals surface area contributed by atoms with Gasteiger partial charge in [-0.3, -0.25) is 9.69 Å². The molecule has 126 valence electrons. The Morgan fingerprint density at radius 3 is 2.48 bits per heavy atom. The third-order valence-electron chi connectivity index (χ3n) is 3.92. The molecular formula is C16H23ClN4O2. The number of hydrogen-bond donors (Lipinski definition) is 3. The van der Waals surface area contributed by atoms with E-state index in [-0.39, 0.29) is 24.9 Å². The molecule has 0 saturated carbocycles. The largest absolute Gasteiger partial charge is 0.353 e. The highest BCUT2D eigenvalue weighted by Gasteiger charge is 2.20. The van der Waals surface area contributed by atoms with Gasteiger partial charge in [-0.2, -0.15) is 0 Å². The van der Waals surface area contributed by atoms with E-state index in [1.807, 2.05) is 24.3 Å². The van der Waals surface area contributed by atoms with Crippen LogP contribution >= 0.6 is 11.6 Å². The van der Waals surface area contributed by atoms with Gasteiger partial charge >= 0.3 is 6.03 Å². The average molecular weight is 339 g/mol. The van der Waals surface area contributed by atoms with Crippen LogP contribution in [0.3, 0.4) is 0 Å². The molecule has 6 nitrogen and oxygen atoms in total. The number of nitrogens with one attached hydrogen (secondary N) is 2. The topological polar surface area (TPSA) is 87.5 Å². The first-order valence-corrected chi connectivity index (χ1v) is 8.20. The standard InChI is InChI=1S/C16H23ClN4O2/c17-13-3-1-12(2-4-13)11-21-9-6-14(7-10-21)20-15(22)5-8-19-16(18)23/h1-4,14H,5-11H2,(H,20,22)(H3,18,19,23). The summed E-state index contributed by atoms with van der Waals surface area (Å²) in [5, 5.41) is 6.17. The lowest BCUT2D eigenvalue weighted by Crippen LogP contribution is -2.45. The number of rotatable bonds is 6. The van der Waals surface area contributed by atoms with Crippen LogP contribution in [0.1, 0.15) is 24.8 Å². The van der Waals surface area contributed by atoms with Gasteiger partial charge < -0.3 is 16.4 Å². The Balaban J connectivity index is 1.66. The van der Waals surface area contributed by atoms with E-state index in [9.17, 15) is 9.59 Å². The second-order valence-electron chi connectivity index (χ2n) is 5.79. The van der Waals surface area contributed by atoms with Crippen LogP contribution in [0, 0.1) is 0 Å². The molecule has 1 heterocycles. The van der Waals surface area contributed by atoms with Crippen molar-refractivity contribution in [3.8, 4) is 0 Å². The lowest BCUT2D eigenvalue weighted by atomic mass is 10.0. The van der Waals surface area contributed by atoms with Crippen LogP contribution in [-0.2, 0) is 11.3 Å². The Labute approximate surface area is 141 Å². The van der Waals surface area contributed by atoms with Crippen molar-refractivity contribution in [2.75, 3.05) is 19.6 Å². The van der Waals surface area contributed by atoms with E-state index in [4.69, 9.17) is 17.3 Å². The van der Waals surface area contributed by atoms with E-state index in [0.29, 0.717) is 0 Å². The second kappa shape index (κ2) is 8.74. The van der Waals surface area contributed by atoms with Crippen LogP contribution in [0.4, 0.5) is 4.79 Å². The first-order chi connectivity index (χ1) is 11.0. The van der Waals surface area contributed by atoms with Crippen molar-refractivity contribution in [3.63, 3.8) is 0 Å². The number of carbonyl (C=O) groups is 2. The lowest BCUT2D eigenvalue weighted by molar-refractivity contribution is -0.122. The van der Waals surface area contributed by atoms with Gasteiger partial charge in [-0.05, 0) is 30.5 Å². The summed E-state index contributed by atoms with van der Waals surface area (Å²) in [6, 6.07) is 7.50. The molecule has 1 aromatic carbocycles. The summed E-state index contributed by atoms with van der Waals surface area (Å²) in [5.74, 6) is -0.0464. The third-order valence-corrected chi connectivity index (χ3v) is 4.18. The van der Waals surface area contributed by atoms with E-state index in [2.05, 4.69) is 15.5 Å². The van der Waals surface area contributed by atoms with Crippen molar-refractivity contribution in [2.24, 2.45) is 5.73 Å². The number of carbonyl (C=O) groups excluding carboxylic acids is 2. The fraction of sp³-hybridized carbons (Fsp3) is 0.500. The summed E-state index contributed by atoms with van der Waals surface area (Å²) in [6.07, 6.45) is 2.12. The number of likely N-dealkylation sites (tertiary alicyclic amines) is 1. The first-order valence-electron chi connectivity index (χ1n) is 7.82. The number of amides is 3. The highest BCUT2D eigenvalue weighted by molar-refractivity contribution is 6.30. The minimum Gasteiger partial charge on any atom is -0.353 e. The fourth-order valence-electron chi connectivity index (χ4n) is 2.68. The van der Waals surface area contributed by atoms with Gasteiger partial charge in [0.15, 0.2) is 0 Å². The zero-order chi connectivity index (χ0) is 16.7. The van der Waals surface area contributed by atoms with Crippen molar-refractivity contribution in [3.05, 3.63) is 34.9 Å². The van der Waals surface area contributed by atoms with E-state index in [0.717, 1.165) is 37.5 Å². The molecule has 0 radical (unpaired) electrons. The molecule has 3 amide bonds. The summed E-state index contributed by atoms with van der Waals surface area (Å²) in [5.41, 5.74) is 6.20. The van der Waals surface area contributed by atoms with Crippen molar-refractivity contribution in [2.45, 2.75) is 31.8 Å². The highest BCUT2D eigenvalue weighted by Crippen LogP contribution is 2.16. The van der Waals surface area contributed by atoms with Crippen LogP contribution in [0.5, 0.6) is 0 Å². The van der Waals surface area contributed by atoms with Gasteiger partial charge in [-0.15, -0.1) is 0 Å². The van der Waals surface area contributed by atoms with Crippen LogP contribution in [0.25, 0.3) is 0 Å². The van der Waals surface area contributed by atoms with Crippen LogP contribution in [-0.4, -0.2) is 42.5 Å². The molecule has 23 heavy (non-hydrogen) atoms. The van der Waals surface area contributed by atoms with E-state index < -0.39 is 6.03 Å². The van der Waals surface area contributed by atoms with Gasteiger partial charge in [0.05, 0.1) is 0 Å². The molecule has 0 atom stereocenters. The normalized spacial score (nSPS) is 16.0. The highest BCUT2D eigenvalue weighted by atomic mass is 35.5. The number of benzene rings is 1. The number of halogens is 1. The smallest absolute Gasteiger partial charge is 0.312 e. The molecular weight excluding hydrogens is 316 g/mol.